The summed E-state index contributed by atoms with van der Waals surface area (Å²) < 4.78 is 0. The Morgan fingerprint density at radius 3 is 2.78 bits per heavy atom. The molecule has 0 bridgehead atoms. The zero-order valence-electron chi connectivity index (χ0n) is 12.2. The van der Waals surface area contributed by atoms with Crippen LogP contribution < -0.4 is 0 Å². The van der Waals surface area contributed by atoms with Gasteiger partial charge in [-0.1, -0.05) is 6.07 Å². The maximum absolute atomic E-state index is 11.5. The topological polar surface area (TPSA) is 119 Å². The molecule has 0 amide bonds. The normalized spacial score (nSPS) is 21.4. The standard InChI is InChI=1S/C15H16N4O4/c20-14(21)11-8-19(6-9-5-17-18-13(9)15(22)23)7-10(11)12-3-1-2-4-16-12/h1-5,10-11H,6-8H2,(H,17,18)(H,20,21)(H,22,23)/t10-,11-/m1/s1. The molecular formula is C15H16N4O4. The van der Waals surface area contributed by atoms with Crippen LogP contribution in [0, 0.1) is 5.92 Å². The minimum atomic E-state index is -1.08. The molecule has 8 nitrogen and oxygen atoms in total. The molecule has 1 saturated heterocycles. The predicted molar refractivity (Wildman–Crippen MR) is 78.9 cm³/mol. The van der Waals surface area contributed by atoms with E-state index in [0.29, 0.717) is 25.2 Å². The summed E-state index contributed by atoms with van der Waals surface area (Å²) in [5.74, 6) is -2.72. The van der Waals surface area contributed by atoms with Gasteiger partial charge in [-0.15, -0.1) is 0 Å². The number of H-pyrrole nitrogens is 1. The number of hydrogen-bond acceptors (Lipinski definition) is 5. The minimum absolute atomic E-state index is 0.0400. The molecule has 1 aliphatic rings. The molecule has 8 heteroatoms. The van der Waals surface area contributed by atoms with E-state index in [0.717, 1.165) is 5.69 Å². The van der Waals surface area contributed by atoms with E-state index in [9.17, 15) is 14.7 Å². The second kappa shape index (κ2) is 6.17. The van der Waals surface area contributed by atoms with Crippen LogP contribution in [0.5, 0.6) is 0 Å². The monoisotopic (exact) mass is 316 g/mol. The highest BCUT2D eigenvalue weighted by atomic mass is 16.4. The molecule has 0 aliphatic carbocycles. The smallest absolute Gasteiger partial charge is 0.354 e. The van der Waals surface area contributed by atoms with Crippen molar-refractivity contribution in [3.05, 3.63) is 47.5 Å². The van der Waals surface area contributed by atoms with Gasteiger partial charge >= 0.3 is 11.9 Å². The lowest BCUT2D eigenvalue weighted by atomic mass is 9.93. The van der Waals surface area contributed by atoms with Crippen LogP contribution >= 0.6 is 0 Å². The van der Waals surface area contributed by atoms with E-state index in [-0.39, 0.29) is 11.6 Å². The van der Waals surface area contributed by atoms with Gasteiger partial charge in [-0.3, -0.25) is 19.8 Å². The molecular weight excluding hydrogens is 300 g/mol. The van der Waals surface area contributed by atoms with Crippen LogP contribution in [0.1, 0.15) is 27.7 Å². The van der Waals surface area contributed by atoms with Crippen molar-refractivity contribution >= 4 is 11.9 Å². The number of aromatic nitrogens is 3. The first kappa shape index (κ1) is 15.2. The van der Waals surface area contributed by atoms with Crippen LogP contribution in [0.15, 0.2) is 30.6 Å². The maximum atomic E-state index is 11.5. The molecule has 2 atom stereocenters. The second-order valence-corrected chi connectivity index (χ2v) is 5.58. The lowest BCUT2D eigenvalue weighted by molar-refractivity contribution is -0.141. The summed E-state index contributed by atoms with van der Waals surface area (Å²) in [4.78, 5) is 28.9. The fraction of sp³-hybridized carbons (Fsp3) is 0.333. The van der Waals surface area contributed by atoms with Crippen LogP contribution in [-0.2, 0) is 11.3 Å². The molecule has 3 rings (SSSR count). The fourth-order valence-electron chi connectivity index (χ4n) is 3.02. The average Bonchev–Trinajstić information content (AvgIpc) is 3.15. The summed E-state index contributed by atoms with van der Waals surface area (Å²) in [6, 6.07) is 5.45. The molecule has 1 aliphatic heterocycles. The number of carboxylic acids is 2. The number of rotatable bonds is 5. The van der Waals surface area contributed by atoms with Gasteiger partial charge in [0.15, 0.2) is 0 Å². The summed E-state index contributed by atoms with van der Waals surface area (Å²) in [5.41, 5.74) is 1.33. The van der Waals surface area contributed by atoms with Crippen molar-refractivity contribution in [3.63, 3.8) is 0 Å². The summed E-state index contributed by atoms with van der Waals surface area (Å²) in [5, 5.41) is 24.8. The third-order valence-corrected chi connectivity index (χ3v) is 4.11. The van der Waals surface area contributed by atoms with Crippen LogP contribution in [0.2, 0.25) is 0 Å². The highest BCUT2D eigenvalue weighted by Gasteiger charge is 2.39. The molecule has 0 spiro atoms. The average molecular weight is 316 g/mol. The van der Waals surface area contributed by atoms with E-state index in [1.54, 1.807) is 12.3 Å². The highest BCUT2D eigenvalue weighted by Crippen LogP contribution is 2.32. The van der Waals surface area contributed by atoms with Crippen molar-refractivity contribution in [2.75, 3.05) is 13.1 Å². The lowest BCUT2D eigenvalue weighted by Gasteiger charge is -2.15. The van der Waals surface area contributed by atoms with Gasteiger partial charge in [-0.2, -0.15) is 5.10 Å². The number of aliphatic carboxylic acids is 1. The van der Waals surface area contributed by atoms with Gasteiger partial charge in [0, 0.05) is 43.0 Å². The van der Waals surface area contributed by atoms with Crippen molar-refractivity contribution < 1.29 is 19.8 Å². The van der Waals surface area contributed by atoms with Crippen molar-refractivity contribution in [2.24, 2.45) is 5.92 Å². The Morgan fingerprint density at radius 1 is 1.30 bits per heavy atom. The molecule has 0 aromatic carbocycles. The maximum Gasteiger partial charge on any atom is 0.354 e. The Kier molecular flexibility index (Phi) is 4.07. The summed E-state index contributed by atoms with van der Waals surface area (Å²) in [7, 11) is 0. The summed E-state index contributed by atoms with van der Waals surface area (Å²) in [6.07, 6.45) is 3.11. The first-order chi connectivity index (χ1) is 11.1. The molecule has 0 radical (unpaired) electrons. The molecule has 2 aromatic heterocycles. The molecule has 0 saturated carbocycles. The third-order valence-electron chi connectivity index (χ3n) is 4.11. The van der Waals surface area contributed by atoms with E-state index in [2.05, 4.69) is 15.2 Å². The number of pyridine rings is 1. The Hall–Kier alpha value is -2.74. The second-order valence-electron chi connectivity index (χ2n) is 5.58. The van der Waals surface area contributed by atoms with Crippen LogP contribution in [-0.4, -0.2) is 55.3 Å². The number of aromatic amines is 1. The Balaban J connectivity index is 1.79. The van der Waals surface area contributed by atoms with Crippen LogP contribution in [0.25, 0.3) is 0 Å². The summed E-state index contributed by atoms with van der Waals surface area (Å²) >= 11 is 0. The quantitative estimate of drug-likeness (QED) is 0.746. The molecule has 3 N–H and O–H groups in total. The SMILES string of the molecule is O=C(O)c1[nH]ncc1CN1C[C@@H](C(=O)O)[C@H](c2ccccn2)C1. The van der Waals surface area contributed by atoms with Crippen molar-refractivity contribution in [3.8, 4) is 0 Å². The zero-order valence-corrected chi connectivity index (χ0v) is 12.2. The van der Waals surface area contributed by atoms with E-state index in [1.807, 2.05) is 17.0 Å². The zero-order chi connectivity index (χ0) is 16.4. The number of aromatic carboxylic acids is 1. The Bertz CT molecular complexity index is 715. The van der Waals surface area contributed by atoms with Gasteiger partial charge in [0.2, 0.25) is 0 Å². The molecule has 23 heavy (non-hydrogen) atoms. The number of nitrogens with zero attached hydrogens (tertiary/aromatic N) is 3. The van der Waals surface area contributed by atoms with E-state index < -0.39 is 17.9 Å². The fourth-order valence-corrected chi connectivity index (χ4v) is 3.02. The first-order valence-corrected chi connectivity index (χ1v) is 7.18. The number of hydrogen-bond donors (Lipinski definition) is 3. The van der Waals surface area contributed by atoms with Gasteiger partial charge in [-0.05, 0) is 12.1 Å². The van der Waals surface area contributed by atoms with Gasteiger partial charge < -0.3 is 10.2 Å². The third kappa shape index (κ3) is 3.07. The minimum Gasteiger partial charge on any atom is -0.481 e. The number of carbonyl (C=O) groups is 2. The largest absolute Gasteiger partial charge is 0.481 e. The Morgan fingerprint density at radius 2 is 2.13 bits per heavy atom. The van der Waals surface area contributed by atoms with Crippen molar-refractivity contribution in [1.29, 1.82) is 0 Å². The molecule has 2 aromatic rings. The predicted octanol–water partition coefficient (Wildman–Crippen LogP) is 0.803. The van der Waals surface area contributed by atoms with E-state index in [1.165, 1.54) is 6.20 Å². The van der Waals surface area contributed by atoms with Gasteiger partial charge in [-0.25, -0.2) is 4.79 Å². The molecule has 3 heterocycles. The van der Waals surface area contributed by atoms with Crippen molar-refractivity contribution in [1.82, 2.24) is 20.1 Å². The highest BCUT2D eigenvalue weighted by molar-refractivity contribution is 5.86. The number of nitrogens with one attached hydrogen (secondary N) is 1. The number of likely N-dealkylation sites (tertiary alicyclic amines) is 1. The first-order valence-electron chi connectivity index (χ1n) is 7.18. The van der Waals surface area contributed by atoms with Gasteiger partial charge in [0.25, 0.3) is 0 Å². The molecule has 1 fully saturated rings. The molecule has 120 valence electrons. The van der Waals surface area contributed by atoms with E-state index in [4.69, 9.17) is 5.11 Å². The lowest BCUT2D eigenvalue weighted by Crippen LogP contribution is -2.23. The van der Waals surface area contributed by atoms with Crippen molar-refractivity contribution in [2.45, 2.75) is 12.5 Å². The van der Waals surface area contributed by atoms with Gasteiger partial charge in [0.05, 0.1) is 12.1 Å². The summed E-state index contributed by atoms with van der Waals surface area (Å²) in [6.45, 7) is 1.20. The van der Waals surface area contributed by atoms with Gasteiger partial charge in [0.1, 0.15) is 5.69 Å². The Labute approximate surface area is 131 Å². The molecule has 0 unspecified atom stereocenters. The number of carboxylic acid groups (broad SMARTS) is 2. The van der Waals surface area contributed by atoms with Crippen LogP contribution in [0.3, 0.4) is 0 Å². The van der Waals surface area contributed by atoms with E-state index >= 15 is 0 Å². The van der Waals surface area contributed by atoms with Crippen LogP contribution in [0.4, 0.5) is 0 Å².